The highest BCUT2D eigenvalue weighted by atomic mass is 79.9. The van der Waals surface area contributed by atoms with Gasteiger partial charge in [-0.2, -0.15) is 0 Å². The maximum absolute atomic E-state index is 13.9. The first-order chi connectivity index (χ1) is 9.98. The third-order valence-corrected chi connectivity index (χ3v) is 3.84. The normalized spacial score (nSPS) is 13.6. The molecule has 0 amide bonds. The molecule has 1 atom stereocenters. The van der Waals surface area contributed by atoms with Crippen molar-refractivity contribution in [3.63, 3.8) is 0 Å². The molecule has 3 nitrogen and oxygen atoms in total. The van der Waals surface area contributed by atoms with Crippen molar-refractivity contribution in [1.82, 2.24) is 0 Å². The Bertz CT molecular complexity index is 635. The zero-order valence-electron chi connectivity index (χ0n) is 11.9. The van der Waals surface area contributed by atoms with Gasteiger partial charge in [0.05, 0.1) is 19.3 Å². The molecule has 2 N–H and O–H groups in total. The fourth-order valence-electron chi connectivity index (χ4n) is 2.10. The van der Waals surface area contributed by atoms with Crippen LogP contribution in [-0.4, -0.2) is 18.8 Å². The number of benzene rings is 2. The SMILES string of the molecule is COc1ccc(C(C)(CO)Nc2cccc(Br)c2)cc1F. The van der Waals surface area contributed by atoms with Crippen molar-refractivity contribution >= 4 is 21.6 Å². The molecule has 0 aliphatic carbocycles. The third-order valence-electron chi connectivity index (χ3n) is 3.35. The molecule has 0 aliphatic heterocycles. The summed E-state index contributed by atoms with van der Waals surface area (Å²) < 4.78 is 19.7. The van der Waals surface area contributed by atoms with Crippen LogP contribution in [0.2, 0.25) is 0 Å². The lowest BCUT2D eigenvalue weighted by Gasteiger charge is -2.31. The smallest absolute Gasteiger partial charge is 0.165 e. The Morgan fingerprint density at radius 1 is 1.29 bits per heavy atom. The first kappa shape index (κ1) is 15.8. The van der Waals surface area contributed by atoms with Gasteiger partial charge in [0.15, 0.2) is 11.6 Å². The molecule has 0 bridgehead atoms. The largest absolute Gasteiger partial charge is 0.494 e. The van der Waals surface area contributed by atoms with Crippen molar-refractivity contribution in [3.8, 4) is 5.75 Å². The van der Waals surface area contributed by atoms with Crippen LogP contribution in [0.25, 0.3) is 0 Å². The second-order valence-corrected chi connectivity index (χ2v) is 5.89. The third kappa shape index (κ3) is 3.54. The van der Waals surface area contributed by atoms with Crippen LogP contribution >= 0.6 is 15.9 Å². The number of methoxy groups -OCH3 is 1. The van der Waals surface area contributed by atoms with Gasteiger partial charge in [0.25, 0.3) is 0 Å². The van der Waals surface area contributed by atoms with E-state index in [2.05, 4.69) is 21.2 Å². The molecule has 0 aromatic heterocycles. The monoisotopic (exact) mass is 353 g/mol. The van der Waals surface area contributed by atoms with E-state index in [0.29, 0.717) is 5.56 Å². The van der Waals surface area contributed by atoms with Crippen molar-refractivity contribution in [1.29, 1.82) is 0 Å². The van der Waals surface area contributed by atoms with Crippen LogP contribution < -0.4 is 10.1 Å². The van der Waals surface area contributed by atoms with E-state index in [4.69, 9.17) is 4.74 Å². The Hall–Kier alpha value is -1.59. The van der Waals surface area contributed by atoms with Gasteiger partial charge >= 0.3 is 0 Å². The molecule has 0 radical (unpaired) electrons. The molecule has 0 aliphatic rings. The van der Waals surface area contributed by atoms with Gasteiger partial charge in [-0.15, -0.1) is 0 Å². The summed E-state index contributed by atoms with van der Waals surface area (Å²) >= 11 is 3.40. The fourth-order valence-corrected chi connectivity index (χ4v) is 2.50. The molecule has 0 saturated carbocycles. The van der Waals surface area contributed by atoms with E-state index < -0.39 is 11.4 Å². The summed E-state index contributed by atoms with van der Waals surface area (Å²) in [7, 11) is 1.42. The summed E-state index contributed by atoms with van der Waals surface area (Å²) in [4.78, 5) is 0. The van der Waals surface area contributed by atoms with Gasteiger partial charge in [-0.3, -0.25) is 0 Å². The van der Waals surface area contributed by atoms with Gasteiger partial charge < -0.3 is 15.2 Å². The number of nitrogens with one attached hydrogen (secondary N) is 1. The number of hydrogen-bond acceptors (Lipinski definition) is 3. The van der Waals surface area contributed by atoms with E-state index in [1.807, 2.05) is 31.2 Å². The van der Waals surface area contributed by atoms with Crippen LogP contribution in [0.15, 0.2) is 46.9 Å². The molecular formula is C16H17BrFNO2. The average molecular weight is 354 g/mol. The van der Waals surface area contributed by atoms with E-state index in [0.717, 1.165) is 10.2 Å². The summed E-state index contributed by atoms with van der Waals surface area (Å²) in [5.41, 5.74) is 0.675. The molecule has 1 unspecified atom stereocenters. The van der Waals surface area contributed by atoms with Crippen LogP contribution in [0, 0.1) is 5.82 Å². The summed E-state index contributed by atoms with van der Waals surface area (Å²) in [6.45, 7) is 1.64. The maximum Gasteiger partial charge on any atom is 0.165 e. The lowest BCUT2D eigenvalue weighted by atomic mass is 9.92. The molecule has 112 valence electrons. The molecule has 2 rings (SSSR count). The molecular weight excluding hydrogens is 337 g/mol. The number of ether oxygens (including phenoxy) is 1. The Kier molecular flexibility index (Phi) is 4.85. The lowest BCUT2D eigenvalue weighted by Crippen LogP contribution is -2.36. The van der Waals surface area contributed by atoms with Crippen LogP contribution in [0.5, 0.6) is 5.75 Å². The van der Waals surface area contributed by atoms with Crippen molar-refractivity contribution in [3.05, 3.63) is 58.3 Å². The van der Waals surface area contributed by atoms with Gasteiger partial charge in [-0.1, -0.05) is 28.1 Å². The van der Waals surface area contributed by atoms with E-state index in [-0.39, 0.29) is 12.4 Å². The minimum atomic E-state index is -0.798. The van der Waals surface area contributed by atoms with Gasteiger partial charge in [-0.25, -0.2) is 4.39 Å². The molecule has 0 fully saturated rings. The molecule has 5 heteroatoms. The number of anilines is 1. The lowest BCUT2D eigenvalue weighted by molar-refractivity contribution is 0.223. The highest BCUT2D eigenvalue weighted by Crippen LogP contribution is 2.30. The van der Waals surface area contributed by atoms with E-state index in [1.54, 1.807) is 12.1 Å². The highest BCUT2D eigenvalue weighted by Gasteiger charge is 2.26. The minimum absolute atomic E-state index is 0.175. The average Bonchev–Trinajstić information content (AvgIpc) is 2.47. The highest BCUT2D eigenvalue weighted by molar-refractivity contribution is 9.10. The van der Waals surface area contributed by atoms with Gasteiger partial charge in [0, 0.05) is 10.2 Å². The minimum Gasteiger partial charge on any atom is -0.494 e. The Morgan fingerprint density at radius 3 is 2.62 bits per heavy atom. The summed E-state index contributed by atoms with van der Waals surface area (Å²) in [5, 5.41) is 13.0. The van der Waals surface area contributed by atoms with Crippen molar-refractivity contribution in [2.24, 2.45) is 0 Å². The van der Waals surface area contributed by atoms with Gasteiger partial charge in [-0.05, 0) is 42.8 Å². The van der Waals surface area contributed by atoms with Crippen LogP contribution in [-0.2, 0) is 5.54 Å². The second-order valence-electron chi connectivity index (χ2n) is 4.97. The number of aliphatic hydroxyl groups excluding tert-OH is 1. The summed E-state index contributed by atoms with van der Waals surface area (Å²) in [6, 6.07) is 12.3. The van der Waals surface area contributed by atoms with E-state index >= 15 is 0 Å². The van der Waals surface area contributed by atoms with Crippen LogP contribution in [0.3, 0.4) is 0 Å². The first-order valence-corrected chi connectivity index (χ1v) is 7.26. The summed E-state index contributed by atoms with van der Waals surface area (Å²) in [6.07, 6.45) is 0. The summed E-state index contributed by atoms with van der Waals surface area (Å²) in [5.74, 6) is -0.271. The zero-order valence-corrected chi connectivity index (χ0v) is 13.4. The standard InChI is InChI=1S/C16H17BrFNO2/c1-16(10-20,19-13-5-3-4-12(17)9-13)11-6-7-15(21-2)14(18)8-11/h3-9,19-20H,10H2,1-2H3. The van der Waals surface area contributed by atoms with Crippen LogP contribution in [0.4, 0.5) is 10.1 Å². The van der Waals surface area contributed by atoms with E-state index in [9.17, 15) is 9.50 Å². The number of halogens is 2. The van der Waals surface area contributed by atoms with Crippen molar-refractivity contribution in [2.75, 3.05) is 19.0 Å². The molecule has 0 saturated heterocycles. The fraction of sp³-hybridized carbons (Fsp3) is 0.250. The maximum atomic E-state index is 13.9. The van der Waals surface area contributed by atoms with Gasteiger partial charge in [0.1, 0.15) is 0 Å². The quantitative estimate of drug-likeness (QED) is 0.855. The van der Waals surface area contributed by atoms with Gasteiger partial charge in [0.2, 0.25) is 0 Å². The molecule has 21 heavy (non-hydrogen) atoms. The van der Waals surface area contributed by atoms with Crippen molar-refractivity contribution < 1.29 is 14.2 Å². The molecule has 0 spiro atoms. The Morgan fingerprint density at radius 2 is 2.05 bits per heavy atom. The van der Waals surface area contributed by atoms with Crippen LogP contribution in [0.1, 0.15) is 12.5 Å². The zero-order chi connectivity index (χ0) is 15.5. The number of rotatable bonds is 5. The Balaban J connectivity index is 2.34. The number of hydrogen-bond donors (Lipinski definition) is 2. The molecule has 2 aromatic carbocycles. The first-order valence-electron chi connectivity index (χ1n) is 6.47. The number of aliphatic hydroxyl groups is 1. The molecule has 2 aromatic rings. The van der Waals surface area contributed by atoms with E-state index in [1.165, 1.54) is 13.2 Å². The Labute approximate surface area is 131 Å². The predicted molar refractivity (Wildman–Crippen MR) is 85.2 cm³/mol. The van der Waals surface area contributed by atoms with Crippen molar-refractivity contribution in [2.45, 2.75) is 12.5 Å². The topological polar surface area (TPSA) is 41.5 Å². The predicted octanol–water partition coefficient (Wildman–Crippen LogP) is 3.92. The molecule has 0 heterocycles. The second kappa shape index (κ2) is 6.45.